The molecule has 1 rings (SSSR count). The highest BCUT2D eigenvalue weighted by atomic mass is 16.1. The van der Waals surface area contributed by atoms with Crippen molar-refractivity contribution in [2.24, 2.45) is 11.3 Å². The third kappa shape index (κ3) is 6.26. The molecular weight excluding hydrogens is 292 g/mol. The fourth-order valence-electron chi connectivity index (χ4n) is 3.62. The van der Waals surface area contributed by atoms with Crippen LogP contribution in [-0.2, 0) is 4.79 Å². The van der Waals surface area contributed by atoms with E-state index in [1.807, 2.05) is 12.2 Å². The van der Waals surface area contributed by atoms with E-state index < -0.39 is 0 Å². The molecule has 0 N–H and O–H groups in total. The van der Waals surface area contributed by atoms with E-state index in [-0.39, 0.29) is 5.41 Å². The topological polar surface area (TPSA) is 17.1 Å². The first-order valence-corrected chi connectivity index (χ1v) is 9.84. The van der Waals surface area contributed by atoms with Gasteiger partial charge < -0.3 is 0 Å². The summed E-state index contributed by atoms with van der Waals surface area (Å²) in [6, 6.07) is 0. The van der Waals surface area contributed by atoms with Crippen molar-refractivity contribution in [1.29, 1.82) is 0 Å². The van der Waals surface area contributed by atoms with Crippen molar-refractivity contribution in [3.63, 3.8) is 0 Å². The summed E-state index contributed by atoms with van der Waals surface area (Å²) in [5.41, 5.74) is -0.224. The lowest BCUT2D eigenvalue weighted by atomic mass is 9.69. The van der Waals surface area contributed by atoms with Crippen LogP contribution in [0.2, 0.25) is 0 Å². The lowest BCUT2D eigenvalue weighted by molar-refractivity contribution is -0.124. The number of hydrogen-bond acceptors (Lipinski definition) is 1. The Morgan fingerprint density at radius 2 is 1.62 bits per heavy atom. The minimum Gasteiger partial charge on any atom is -0.294 e. The molecule has 0 amide bonds. The molecule has 0 bridgehead atoms. The zero-order chi connectivity index (χ0) is 17.7. The maximum Gasteiger partial charge on any atom is 0.162 e. The number of carbonyl (C=O) groups is 1. The minimum absolute atomic E-state index is 0.224. The predicted molar refractivity (Wildman–Crippen MR) is 106 cm³/mol. The average molecular weight is 329 g/mol. The first-order chi connectivity index (χ1) is 11.7. The number of hydrogen-bond donors (Lipinski definition) is 0. The predicted octanol–water partition coefficient (Wildman–Crippen LogP) is 6.97. The smallest absolute Gasteiger partial charge is 0.162 e. The molecule has 134 valence electrons. The van der Waals surface area contributed by atoms with E-state index in [4.69, 9.17) is 0 Å². The van der Waals surface area contributed by atoms with E-state index in [2.05, 4.69) is 50.8 Å². The summed E-state index contributed by atoms with van der Waals surface area (Å²) < 4.78 is 0. The van der Waals surface area contributed by atoms with E-state index in [0.717, 1.165) is 38.5 Å². The highest BCUT2D eigenvalue weighted by molar-refractivity contribution is 5.98. The van der Waals surface area contributed by atoms with Gasteiger partial charge in [0.25, 0.3) is 0 Å². The van der Waals surface area contributed by atoms with Crippen LogP contribution in [0, 0.1) is 11.3 Å². The largest absolute Gasteiger partial charge is 0.294 e. The molecule has 0 fully saturated rings. The summed E-state index contributed by atoms with van der Waals surface area (Å²) in [5, 5.41) is 0. The Labute approximate surface area is 149 Å². The van der Waals surface area contributed by atoms with Gasteiger partial charge in [0.2, 0.25) is 0 Å². The minimum atomic E-state index is -0.224. The standard InChI is InChI=1S/C23H36O/c1-4-7-10-11-12-13-16-21-17-18-22(24)23(21,19-14-8-5-2)20-15-9-6-3/h4,8-9,14-15,17-18,21H,1,5-7,10-13,16,19-20H2,2-3H3/b14-8-,15-9-/t21-/m0/s1. The second kappa shape index (κ2) is 12.1. The molecule has 0 saturated heterocycles. The van der Waals surface area contributed by atoms with Crippen molar-refractivity contribution in [3.8, 4) is 0 Å². The van der Waals surface area contributed by atoms with Crippen LogP contribution in [-0.4, -0.2) is 5.78 Å². The Morgan fingerprint density at radius 3 is 2.21 bits per heavy atom. The van der Waals surface area contributed by atoms with Crippen molar-refractivity contribution in [3.05, 3.63) is 49.1 Å². The molecule has 0 aliphatic heterocycles. The number of allylic oxidation sites excluding steroid dienone is 7. The first kappa shape index (κ1) is 20.7. The van der Waals surface area contributed by atoms with Crippen LogP contribution >= 0.6 is 0 Å². The fourth-order valence-corrected chi connectivity index (χ4v) is 3.62. The second-order valence-electron chi connectivity index (χ2n) is 6.93. The van der Waals surface area contributed by atoms with Gasteiger partial charge in [-0.3, -0.25) is 4.79 Å². The van der Waals surface area contributed by atoms with Gasteiger partial charge in [-0.05, 0) is 56.9 Å². The Balaban J connectivity index is 2.68. The molecule has 0 spiro atoms. The number of unbranched alkanes of at least 4 members (excludes halogenated alkanes) is 4. The van der Waals surface area contributed by atoms with E-state index in [1.54, 1.807) is 0 Å². The van der Waals surface area contributed by atoms with Crippen molar-refractivity contribution >= 4 is 5.78 Å². The lowest BCUT2D eigenvalue weighted by Gasteiger charge is -2.32. The number of carbonyl (C=O) groups excluding carboxylic acids is 1. The maximum absolute atomic E-state index is 12.7. The summed E-state index contributed by atoms with van der Waals surface area (Å²) in [5.74, 6) is 0.730. The van der Waals surface area contributed by atoms with Gasteiger partial charge in [0.05, 0.1) is 0 Å². The Kier molecular flexibility index (Phi) is 10.4. The van der Waals surface area contributed by atoms with Crippen molar-refractivity contribution in [2.75, 3.05) is 0 Å². The number of rotatable bonds is 13. The second-order valence-corrected chi connectivity index (χ2v) is 6.93. The van der Waals surface area contributed by atoms with Crippen molar-refractivity contribution < 1.29 is 4.79 Å². The fraction of sp³-hybridized carbons (Fsp3) is 0.609. The molecule has 0 saturated carbocycles. The number of ketones is 1. The van der Waals surface area contributed by atoms with Gasteiger partial charge in [0, 0.05) is 5.41 Å². The SMILES string of the molecule is C=CCCCCCC[C@H]1C=CC(=O)C1(C/C=C\CC)C/C=C\CC. The molecular formula is C23H36O. The van der Waals surface area contributed by atoms with Gasteiger partial charge in [0.1, 0.15) is 0 Å². The van der Waals surface area contributed by atoms with Crippen LogP contribution in [0.3, 0.4) is 0 Å². The van der Waals surface area contributed by atoms with Gasteiger partial charge in [-0.1, -0.05) is 69.6 Å². The first-order valence-electron chi connectivity index (χ1n) is 9.84. The monoisotopic (exact) mass is 328 g/mol. The molecule has 1 nitrogen and oxygen atoms in total. The molecule has 1 atom stereocenters. The van der Waals surface area contributed by atoms with E-state index in [0.29, 0.717) is 11.7 Å². The molecule has 1 heteroatoms. The van der Waals surface area contributed by atoms with E-state index >= 15 is 0 Å². The van der Waals surface area contributed by atoms with Crippen molar-refractivity contribution in [1.82, 2.24) is 0 Å². The quantitative estimate of drug-likeness (QED) is 0.263. The molecule has 0 unspecified atom stereocenters. The lowest BCUT2D eigenvalue weighted by Crippen LogP contribution is -2.32. The van der Waals surface area contributed by atoms with Crippen LogP contribution in [0.4, 0.5) is 0 Å². The van der Waals surface area contributed by atoms with Gasteiger partial charge >= 0.3 is 0 Å². The summed E-state index contributed by atoms with van der Waals surface area (Å²) in [6.45, 7) is 8.08. The van der Waals surface area contributed by atoms with Gasteiger partial charge in [-0.15, -0.1) is 6.58 Å². The summed E-state index contributed by atoms with van der Waals surface area (Å²) in [7, 11) is 0. The zero-order valence-electron chi connectivity index (χ0n) is 15.8. The summed E-state index contributed by atoms with van der Waals surface area (Å²) >= 11 is 0. The molecule has 0 radical (unpaired) electrons. The average Bonchev–Trinajstić information content (AvgIpc) is 2.88. The molecule has 0 aromatic rings. The van der Waals surface area contributed by atoms with Crippen LogP contribution in [0.1, 0.15) is 78.1 Å². The molecule has 24 heavy (non-hydrogen) atoms. The van der Waals surface area contributed by atoms with Crippen LogP contribution < -0.4 is 0 Å². The highest BCUT2D eigenvalue weighted by Crippen LogP contribution is 2.45. The van der Waals surface area contributed by atoms with Crippen LogP contribution in [0.25, 0.3) is 0 Å². The molecule has 1 aliphatic rings. The van der Waals surface area contributed by atoms with Gasteiger partial charge in [0.15, 0.2) is 5.78 Å². The Hall–Kier alpha value is -1.37. The molecule has 0 heterocycles. The molecule has 0 aromatic heterocycles. The summed E-state index contributed by atoms with van der Waals surface area (Å²) in [6.07, 6.45) is 26.0. The van der Waals surface area contributed by atoms with Crippen LogP contribution in [0.5, 0.6) is 0 Å². The third-order valence-corrected chi connectivity index (χ3v) is 5.12. The maximum atomic E-state index is 12.7. The zero-order valence-corrected chi connectivity index (χ0v) is 15.8. The van der Waals surface area contributed by atoms with Gasteiger partial charge in [-0.25, -0.2) is 0 Å². The Bertz CT molecular complexity index is 437. The van der Waals surface area contributed by atoms with E-state index in [9.17, 15) is 4.79 Å². The highest BCUT2D eigenvalue weighted by Gasteiger charge is 2.44. The Morgan fingerprint density at radius 1 is 1.00 bits per heavy atom. The molecule has 1 aliphatic carbocycles. The van der Waals surface area contributed by atoms with Crippen molar-refractivity contribution in [2.45, 2.75) is 78.1 Å². The van der Waals surface area contributed by atoms with E-state index in [1.165, 1.54) is 25.7 Å². The molecule has 0 aromatic carbocycles. The van der Waals surface area contributed by atoms with Crippen LogP contribution in [0.15, 0.2) is 49.1 Å². The third-order valence-electron chi connectivity index (χ3n) is 5.12. The normalized spacial score (nSPS) is 19.8. The van der Waals surface area contributed by atoms with Gasteiger partial charge in [-0.2, -0.15) is 0 Å². The summed E-state index contributed by atoms with van der Waals surface area (Å²) in [4.78, 5) is 12.7.